The first kappa shape index (κ1) is 15.6. The lowest BCUT2D eigenvalue weighted by Gasteiger charge is -2.17. The van der Waals surface area contributed by atoms with Gasteiger partial charge in [-0.25, -0.2) is 13.6 Å². The Balaban J connectivity index is 2.79. The molecule has 1 aromatic carbocycles. The van der Waals surface area contributed by atoms with E-state index in [1.807, 2.05) is 0 Å². The molecule has 1 amide bonds. The quantitative estimate of drug-likeness (QED) is 0.825. The molecule has 0 aliphatic heterocycles. The van der Waals surface area contributed by atoms with Crippen molar-refractivity contribution in [3.05, 3.63) is 29.8 Å². The summed E-state index contributed by atoms with van der Waals surface area (Å²) >= 11 is 0. The lowest BCUT2D eigenvalue weighted by Crippen LogP contribution is -2.35. The molecule has 19 heavy (non-hydrogen) atoms. The number of hydrogen-bond donors (Lipinski definition) is 2. The number of carbonyl (C=O) groups is 1. The fraction of sp³-hybridized carbons (Fsp3) is 0.417. The van der Waals surface area contributed by atoms with Gasteiger partial charge in [0.25, 0.3) is 0 Å². The molecule has 0 heterocycles. The van der Waals surface area contributed by atoms with Gasteiger partial charge in [-0.15, -0.1) is 0 Å². The number of nitrogens with one attached hydrogen (secondary N) is 1. The van der Waals surface area contributed by atoms with Gasteiger partial charge >= 0.3 is 0 Å². The van der Waals surface area contributed by atoms with Crippen molar-refractivity contribution >= 4 is 15.9 Å². The summed E-state index contributed by atoms with van der Waals surface area (Å²) in [5.41, 5.74) is 0.782. The summed E-state index contributed by atoms with van der Waals surface area (Å²) in [6.07, 6.45) is -0.536. The van der Waals surface area contributed by atoms with Gasteiger partial charge in [-0.1, -0.05) is 12.1 Å². The van der Waals surface area contributed by atoms with Crippen molar-refractivity contribution in [1.82, 2.24) is 5.32 Å². The maximum atomic E-state index is 11.6. The molecule has 2 atom stereocenters. The maximum absolute atomic E-state index is 11.6. The SMILES string of the molecule is COC(C)C(=O)NC(C)c1ccc(S(N)(=O)=O)cc1. The molecule has 0 bridgehead atoms. The Morgan fingerprint density at radius 1 is 1.26 bits per heavy atom. The third-order valence-electron chi connectivity index (χ3n) is 2.79. The fourth-order valence-corrected chi connectivity index (χ4v) is 1.98. The molecule has 7 heteroatoms. The Labute approximate surface area is 113 Å². The van der Waals surface area contributed by atoms with Crippen LogP contribution in [0.3, 0.4) is 0 Å². The van der Waals surface area contributed by atoms with E-state index in [4.69, 9.17) is 9.88 Å². The van der Waals surface area contributed by atoms with Crippen LogP contribution in [0.25, 0.3) is 0 Å². The summed E-state index contributed by atoms with van der Waals surface area (Å²) in [6.45, 7) is 3.44. The molecule has 1 rings (SSSR count). The second-order valence-electron chi connectivity index (χ2n) is 4.22. The molecular formula is C12H18N2O4S. The highest BCUT2D eigenvalue weighted by molar-refractivity contribution is 7.89. The van der Waals surface area contributed by atoms with Gasteiger partial charge in [0.15, 0.2) is 0 Å². The van der Waals surface area contributed by atoms with Crippen LogP contribution in [0.15, 0.2) is 29.2 Å². The second kappa shape index (κ2) is 6.14. The molecule has 0 spiro atoms. The minimum Gasteiger partial charge on any atom is -0.372 e. The van der Waals surface area contributed by atoms with Crippen LogP contribution in [0.5, 0.6) is 0 Å². The predicted octanol–water partition coefficient (Wildman–Crippen LogP) is 0.546. The molecule has 106 valence electrons. The number of benzene rings is 1. The van der Waals surface area contributed by atoms with Gasteiger partial charge in [0, 0.05) is 7.11 Å². The highest BCUT2D eigenvalue weighted by Crippen LogP contribution is 2.15. The zero-order valence-corrected chi connectivity index (χ0v) is 11.9. The van der Waals surface area contributed by atoms with Gasteiger partial charge in [0.1, 0.15) is 6.10 Å². The number of rotatable bonds is 5. The van der Waals surface area contributed by atoms with E-state index in [1.165, 1.54) is 19.2 Å². The summed E-state index contributed by atoms with van der Waals surface area (Å²) in [7, 11) is -2.24. The van der Waals surface area contributed by atoms with E-state index < -0.39 is 16.1 Å². The van der Waals surface area contributed by atoms with E-state index in [2.05, 4.69) is 5.32 Å². The van der Waals surface area contributed by atoms with Crippen LogP contribution in [-0.2, 0) is 19.6 Å². The Morgan fingerprint density at radius 3 is 2.21 bits per heavy atom. The molecule has 0 saturated heterocycles. The summed E-state index contributed by atoms with van der Waals surface area (Å²) < 4.78 is 27.1. The van der Waals surface area contributed by atoms with Crippen molar-refractivity contribution in [2.75, 3.05) is 7.11 Å². The average molecular weight is 286 g/mol. The molecule has 0 radical (unpaired) electrons. The number of hydrogen-bond acceptors (Lipinski definition) is 4. The topological polar surface area (TPSA) is 98.5 Å². The summed E-state index contributed by atoms with van der Waals surface area (Å²) in [4.78, 5) is 11.7. The number of primary sulfonamides is 1. The number of ether oxygens (including phenoxy) is 1. The lowest BCUT2D eigenvalue weighted by atomic mass is 10.1. The minimum atomic E-state index is -3.69. The molecule has 0 saturated carbocycles. The Hall–Kier alpha value is -1.44. The molecule has 0 aliphatic rings. The van der Waals surface area contributed by atoms with Crippen LogP contribution >= 0.6 is 0 Å². The minimum absolute atomic E-state index is 0.0417. The Kier molecular flexibility index (Phi) is 5.04. The average Bonchev–Trinajstić information content (AvgIpc) is 2.36. The van der Waals surface area contributed by atoms with Crippen LogP contribution in [0, 0.1) is 0 Å². The van der Waals surface area contributed by atoms with E-state index in [1.54, 1.807) is 26.0 Å². The number of carbonyl (C=O) groups excluding carboxylic acids is 1. The van der Waals surface area contributed by atoms with Crippen molar-refractivity contribution in [3.8, 4) is 0 Å². The molecular weight excluding hydrogens is 268 g/mol. The van der Waals surface area contributed by atoms with Crippen molar-refractivity contribution in [3.63, 3.8) is 0 Å². The van der Waals surface area contributed by atoms with Crippen LogP contribution in [0.1, 0.15) is 25.5 Å². The smallest absolute Gasteiger partial charge is 0.249 e. The number of nitrogens with two attached hydrogens (primary N) is 1. The molecule has 1 aromatic rings. The van der Waals surface area contributed by atoms with Crippen molar-refractivity contribution in [1.29, 1.82) is 0 Å². The van der Waals surface area contributed by atoms with Crippen LogP contribution in [0.2, 0.25) is 0 Å². The molecule has 0 fully saturated rings. The molecule has 6 nitrogen and oxygen atoms in total. The van der Waals surface area contributed by atoms with Gasteiger partial charge in [0.2, 0.25) is 15.9 Å². The Morgan fingerprint density at radius 2 is 1.79 bits per heavy atom. The van der Waals surface area contributed by atoms with Crippen LogP contribution in [-0.4, -0.2) is 27.5 Å². The molecule has 0 aliphatic carbocycles. The first-order valence-corrected chi connectivity index (χ1v) is 7.26. The van der Waals surface area contributed by atoms with E-state index in [-0.39, 0.29) is 16.8 Å². The summed E-state index contributed by atoms with van der Waals surface area (Å²) in [5.74, 6) is -0.231. The van der Waals surface area contributed by atoms with Gasteiger partial charge in [-0.3, -0.25) is 4.79 Å². The second-order valence-corrected chi connectivity index (χ2v) is 5.78. The summed E-state index contributed by atoms with van der Waals surface area (Å²) in [5, 5.41) is 7.77. The first-order valence-electron chi connectivity index (χ1n) is 5.71. The third-order valence-corrected chi connectivity index (χ3v) is 3.72. The highest BCUT2D eigenvalue weighted by atomic mass is 32.2. The van der Waals surface area contributed by atoms with Gasteiger partial charge in [-0.05, 0) is 31.5 Å². The van der Waals surface area contributed by atoms with Gasteiger partial charge in [0.05, 0.1) is 10.9 Å². The number of methoxy groups -OCH3 is 1. The van der Waals surface area contributed by atoms with Crippen molar-refractivity contribution in [2.24, 2.45) is 5.14 Å². The van der Waals surface area contributed by atoms with E-state index in [0.717, 1.165) is 5.56 Å². The molecule has 3 N–H and O–H groups in total. The van der Waals surface area contributed by atoms with E-state index in [0.29, 0.717) is 0 Å². The predicted molar refractivity (Wildman–Crippen MR) is 70.8 cm³/mol. The maximum Gasteiger partial charge on any atom is 0.249 e. The van der Waals surface area contributed by atoms with Crippen molar-refractivity contribution < 1.29 is 17.9 Å². The van der Waals surface area contributed by atoms with Crippen LogP contribution in [0.4, 0.5) is 0 Å². The lowest BCUT2D eigenvalue weighted by molar-refractivity contribution is -0.130. The van der Waals surface area contributed by atoms with Gasteiger partial charge in [-0.2, -0.15) is 0 Å². The first-order chi connectivity index (χ1) is 8.75. The molecule has 2 unspecified atom stereocenters. The zero-order valence-electron chi connectivity index (χ0n) is 11.1. The molecule has 0 aromatic heterocycles. The number of sulfonamides is 1. The van der Waals surface area contributed by atoms with E-state index in [9.17, 15) is 13.2 Å². The fourth-order valence-electron chi connectivity index (χ4n) is 1.47. The standard InChI is InChI=1S/C12H18N2O4S/c1-8(14-12(15)9(2)18-3)10-4-6-11(7-5-10)19(13,16)17/h4-9H,1-3H3,(H,14,15)(H2,13,16,17). The van der Waals surface area contributed by atoms with Crippen molar-refractivity contribution in [2.45, 2.75) is 30.9 Å². The normalized spacial score (nSPS) is 14.7. The highest BCUT2D eigenvalue weighted by Gasteiger charge is 2.16. The monoisotopic (exact) mass is 286 g/mol. The number of amides is 1. The van der Waals surface area contributed by atoms with E-state index >= 15 is 0 Å². The van der Waals surface area contributed by atoms with Gasteiger partial charge < -0.3 is 10.1 Å². The largest absolute Gasteiger partial charge is 0.372 e. The Bertz CT molecular complexity index is 539. The summed E-state index contributed by atoms with van der Waals surface area (Å²) in [6, 6.07) is 5.80. The van der Waals surface area contributed by atoms with Crippen LogP contribution < -0.4 is 10.5 Å². The zero-order chi connectivity index (χ0) is 14.6. The third kappa shape index (κ3) is 4.30.